The van der Waals surface area contributed by atoms with E-state index >= 15 is 0 Å². The number of morpholine rings is 1. The number of carbonyl (C=O) groups is 1. The average Bonchev–Trinajstić information content (AvgIpc) is 2.82. The lowest BCUT2D eigenvalue weighted by Gasteiger charge is -2.36. The first-order valence-corrected chi connectivity index (χ1v) is 5.25. The molecule has 4 nitrogen and oxygen atoms in total. The van der Waals surface area contributed by atoms with Crippen LogP contribution in [-0.4, -0.2) is 41.6 Å². The molecular weight excluding hydrogens is 180 g/mol. The standard InChI is InChI=1S/C10H18N2O2/c1-7-5-12(6-8(2)14-7)9(13)10(11)3-4-10/h7-8H,3-6,11H2,1-2H3. The van der Waals surface area contributed by atoms with Gasteiger partial charge in [-0.2, -0.15) is 0 Å². The van der Waals surface area contributed by atoms with Gasteiger partial charge in [-0.05, 0) is 26.7 Å². The van der Waals surface area contributed by atoms with Gasteiger partial charge in [0.05, 0.1) is 17.7 Å². The Morgan fingerprint density at radius 3 is 2.29 bits per heavy atom. The summed E-state index contributed by atoms with van der Waals surface area (Å²) in [5, 5.41) is 0. The molecule has 1 saturated heterocycles. The van der Waals surface area contributed by atoms with Crippen LogP contribution in [0.3, 0.4) is 0 Å². The number of nitrogens with zero attached hydrogens (tertiary/aromatic N) is 1. The Kier molecular flexibility index (Phi) is 2.27. The van der Waals surface area contributed by atoms with Crippen molar-refractivity contribution in [2.75, 3.05) is 13.1 Å². The Balaban J connectivity index is 2.00. The molecule has 2 N–H and O–H groups in total. The van der Waals surface area contributed by atoms with Crippen molar-refractivity contribution in [2.45, 2.75) is 44.4 Å². The molecule has 1 saturated carbocycles. The maximum atomic E-state index is 11.9. The number of hydrogen-bond acceptors (Lipinski definition) is 3. The first-order chi connectivity index (χ1) is 6.51. The summed E-state index contributed by atoms with van der Waals surface area (Å²) < 4.78 is 5.56. The van der Waals surface area contributed by atoms with Crippen molar-refractivity contribution in [2.24, 2.45) is 5.73 Å². The van der Waals surface area contributed by atoms with Crippen LogP contribution in [0.5, 0.6) is 0 Å². The summed E-state index contributed by atoms with van der Waals surface area (Å²) in [5.74, 6) is 0.111. The van der Waals surface area contributed by atoms with E-state index in [0.717, 1.165) is 12.8 Å². The fourth-order valence-corrected chi connectivity index (χ4v) is 2.01. The topological polar surface area (TPSA) is 55.6 Å². The van der Waals surface area contributed by atoms with Gasteiger partial charge in [0, 0.05) is 13.1 Å². The summed E-state index contributed by atoms with van der Waals surface area (Å²) in [6.07, 6.45) is 1.94. The largest absolute Gasteiger partial charge is 0.372 e. The zero-order valence-corrected chi connectivity index (χ0v) is 8.82. The van der Waals surface area contributed by atoms with Crippen LogP contribution in [0.1, 0.15) is 26.7 Å². The summed E-state index contributed by atoms with van der Waals surface area (Å²) in [6.45, 7) is 5.35. The zero-order chi connectivity index (χ0) is 10.3. The van der Waals surface area contributed by atoms with Gasteiger partial charge in [0.2, 0.25) is 5.91 Å². The van der Waals surface area contributed by atoms with E-state index < -0.39 is 5.54 Å². The molecule has 1 aliphatic heterocycles. The molecule has 0 bridgehead atoms. The summed E-state index contributed by atoms with van der Waals surface area (Å²) in [5.41, 5.74) is 5.35. The lowest BCUT2D eigenvalue weighted by atomic mass is 10.2. The molecule has 1 heterocycles. The highest BCUT2D eigenvalue weighted by Crippen LogP contribution is 2.34. The molecule has 2 atom stereocenters. The SMILES string of the molecule is CC1CN(C(=O)C2(N)CC2)CC(C)O1. The predicted octanol–water partition coefficient (Wildman–Crippen LogP) is 0.113. The number of hydrogen-bond donors (Lipinski definition) is 1. The quantitative estimate of drug-likeness (QED) is 0.651. The van der Waals surface area contributed by atoms with Crippen molar-refractivity contribution < 1.29 is 9.53 Å². The van der Waals surface area contributed by atoms with Crippen molar-refractivity contribution in [3.05, 3.63) is 0 Å². The fraction of sp³-hybridized carbons (Fsp3) is 0.900. The maximum Gasteiger partial charge on any atom is 0.242 e. The van der Waals surface area contributed by atoms with Crippen LogP contribution < -0.4 is 5.73 Å². The van der Waals surface area contributed by atoms with Crippen molar-refractivity contribution in [1.82, 2.24) is 4.90 Å². The fourth-order valence-electron chi connectivity index (χ4n) is 2.01. The van der Waals surface area contributed by atoms with Gasteiger partial charge in [-0.25, -0.2) is 0 Å². The second kappa shape index (κ2) is 3.21. The van der Waals surface area contributed by atoms with Gasteiger partial charge < -0.3 is 15.4 Å². The molecule has 2 rings (SSSR count). The lowest BCUT2D eigenvalue weighted by Crippen LogP contribution is -2.54. The summed E-state index contributed by atoms with van der Waals surface area (Å²) in [6, 6.07) is 0. The van der Waals surface area contributed by atoms with Crippen LogP contribution in [0.2, 0.25) is 0 Å². The first-order valence-electron chi connectivity index (χ1n) is 5.25. The molecule has 0 aromatic heterocycles. The van der Waals surface area contributed by atoms with Crippen LogP contribution in [0.25, 0.3) is 0 Å². The molecule has 14 heavy (non-hydrogen) atoms. The zero-order valence-electron chi connectivity index (χ0n) is 8.82. The lowest BCUT2D eigenvalue weighted by molar-refractivity contribution is -0.145. The molecule has 80 valence electrons. The Bertz CT molecular complexity index is 241. The minimum Gasteiger partial charge on any atom is -0.372 e. The summed E-state index contributed by atoms with van der Waals surface area (Å²) in [4.78, 5) is 13.8. The normalized spacial score (nSPS) is 35.5. The number of nitrogens with two attached hydrogens (primary N) is 1. The Hall–Kier alpha value is -0.610. The predicted molar refractivity (Wildman–Crippen MR) is 52.7 cm³/mol. The van der Waals surface area contributed by atoms with Crippen molar-refractivity contribution >= 4 is 5.91 Å². The van der Waals surface area contributed by atoms with E-state index in [2.05, 4.69) is 0 Å². The second-order valence-corrected chi connectivity index (χ2v) is 4.62. The maximum absolute atomic E-state index is 11.9. The molecule has 2 unspecified atom stereocenters. The molecule has 0 spiro atoms. The van der Waals surface area contributed by atoms with E-state index in [1.807, 2.05) is 18.7 Å². The van der Waals surface area contributed by atoms with Crippen LogP contribution in [0.15, 0.2) is 0 Å². The van der Waals surface area contributed by atoms with E-state index in [0.29, 0.717) is 13.1 Å². The van der Waals surface area contributed by atoms with Crippen molar-refractivity contribution in [3.8, 4) is 0 Å². The number of ether oxygens (including phenoxy) is 1. The average molecular weight is 198 g/mol. The van der Waals surface area contributed by atoms with Gasteiger partial charge in [0.1, 0.15) is 0 Å². The Morgan fingerprint density at radius 1 is 1.36 bits per heavy atom. The Morgan fingerprint density at radius 2 is 1.86 bits per heavy atom. The smallest absolute Gasteiger partial charge is 0.242 e. The van der Waals surface area contributed by atoms with E-state index in [1.165, 1.54) is 0 Å². The van der Waals surface area contributed by atoms with Gasteiger partial charge in [0.15, 0.2) is 0 Å². The molecule has 1 aliphatic carbocycles. The molecule has 2 aliphatic rings. The van der Waals surface area contributed by atoms with E-state index in [9.17, 15) is 4.79 Å². The highest BCUT2D eigenvalue weighted by Gasteiger charge is 2.49. The van der Waals surface area contributed by atoms with E-state index in [-0.39, 0.29) is 18.1 Å². The van der Waals surface area contributed by atoms with Crippen LogP contribution in [0, 0.1) is 0 Å². The second-order valence-electron chi connectivity index (χ2n) is 4.62. The minimum absolute atomic E-state index is 0.111. The molecule has 2 fully saturated rings. The molecule has 0 radical (unpaired) electrons. The number of amides is 1. The van der Waals surface area contributed by atoms with E-state index in [4.69, 9.17) is 10.5 Å². The molecule has 0 aromatic rings. The van der Waals surface area contributed by atoms with Crippen LogP contribution >= 0.6 is 0 Å². The van der Waals surface area contributed by atoms with Crippen molar-refractivity contribution in [1.29, 1.82) is 0 Å². The van der Waals surface area contributed by atoms with Crippen LogP contribution in [0.4, 0.5) is 0 Å². The van der Waals surface area contributed by atoms with E-state index in [1.54, 1.807) is 0 Å². The van der Waals surface area contributed by atoms with Crippen molar-refractivity contribution in [3.63, 3.8) is 0 Å². The van der Waals surface area contributed by atoms with Gasteiger partial charge >= 0.3 is 0 Å². The molecule has 1 amide bonds. The highest BCUT2D eigenvalue weighted by molar-refractivity contribution is 5.89. The first kappa shape index (κ1) is 9.93. The number of carbonyl (C=O) groups excluding carboxylic acids is 1. The monoisotopic (exact) mass is 198 g/mol. The van der Waals surface area contributed by atoms with Gasteiger partial charge in [0.25, 0.3) is 0 Å². The third-order valence-electron chi connectivity index (χ3n) is 2.92. The third kappa shape index (κ3) is 1.77. The molecular formula is C10H18N2O2. The Labute approximate surface area is 84.4 Å². The van der Waals surface area contributed by atoms with Gasteiger partial charge in [-0.15, -0.1) is 0 Å². The summed E-state index contributed by atoms with van der Waals surface area (Å²) in [7, 11) is 0. The highest BCUT2D eigenvalue weighted by atomic mass is 16.5. The minimum atomic E-state index is -0.531. The van der Waals surface area contributed by atoms with Gasteiger partial charge in [-0.3, -0.25) is 4.79 Å². The summed E-state index contributed by atoms with van der Waals surface area (Å²) >= 11 is 0. The number of rotatable bonds is 1. The molecule has 0 aromatic carbocycles. The van der Waals surface area contributed by atoms with Crippen LogP contribution in [-0.2, 0) is 9.53 Å². The molecule has 4 heteroatoms. The third-order valence-corrected chi connectivity index (χ3v) is 2.92. The van der Waals surface area contributed by atoms with Gasteiger partial charge in [-0.1, -0.05) is 0 Å².